The van der Waals surface area contributed by atoms with Crippen molar-refractivity contribution >= 4 is 23.6 Å². The summed E-state index contributed by atoms with van der Waals surface area (Å²) >= 11 is 0. The van der Waals surface area contributed by atoms with Crippen LogP contribution in [0.2, 0.25) is 0 Å². The van der Waals surface area contributed by atoms with E-state index in [1.165, 1.54) is 0 Å². The van der Waals surface area contributed by atoms with Crippen LogP contribution in [0.15, 0.2) is 0 Å². The van der Waals surface area contributed by atoms with Crippen LogP contribution in [-0.2, 0) is 23.6 Å². The second-order valence-corrected chi connectivity index (χ2v) is 3.88. The fraction of sp³-hybridized carbons (Fsp3) is 1.00. The molecule has 0 bridgehead atoms. The van der Waals surface area contributed by atoms with Crippen LogP contribution >= 0.6 is 0 Å². The van der Waals surface area contributed by atoms with Gasteiger partial charge in [0.15, 0.2) is 0 Å². The zero-order valence-corrected chi connectivity index (χ0v) is 9.03. The van der Waals surface area contributed by atoms with Crippen LogP contribution in [0.1, 0.15) is 0 Å². The van der Waals surface area contributed by atoms with E-state index in [-0.39, 0.29) is 13.5 Å². The minimum absolute atomic E-state index is 0. The highest BCUT2D eigenvalue weighted by Gasteiger charge is 2.73. The van der Waals surface area contributed by atoms with E-state index in [4.69, 9.17) is 0 Å². The molecule has 0 aromatic carbocycles. The Hall–Kier alpha value is -0.230. The highest BCUT2D eigenvalue weighted by Crippen LogP contribution is 2.46. The summed E-state index contributed by atoms with van der Waals surface area (Å²) in [5.74, 6) is -15.7. The molecule has 0 aliphatic rings. The molecule has 16 heavy (non-hydrogen) atoms. The molecule has 0 spiro atoms. The smallest absolute Gasteiger partial charge is 0.459 e. The van der Waals surface area contributed by atoms with Crippen molar-refractivity contribution in [2.24, 2.45) is 0 Å². The van der Waals surface area contributed by atoms with Gasteiger partial charge < -0.3 is 4.55 Å². The van der Waals surface area contributed by atoms with E-state index < -0.39 is 33.9 Å². The van der Waals surface area contributed by atoms with Crippen molar-refractivity contribution in [3.8, 4) is 0 Å². The fourth-order valence-corrected chi connectivity index (χ4v) is 1.15. The van der Waals surface area contributed by atoms with E-state index in [1.807, 2.05) is 0 Å². The van der Waals surface area contributed by atoms with Gasteiger partial charge in [-0.2, -0.15) is 30.7 Å². The second kappa shape index (κ2) is 4.56. The van der Waals surface area contributed by atoms with Gasteiger partial charge in [-0.1, -0.05) is 13.5 Å². The summed E-state index contributed by atoms with van der Waals surface area (Å²) in [6, 6.07) is 0. The first-order chi connectivity index (χ1) is 6.21. The van der Waals surface area contributed by atoms with Crippen LogP contribution in [-0.4, -0.2) is 36.7 Å². The Labute approximate surface area is 91.8 Å². The molecule has 0 aromatic heterocycles. The molecule has 0 heterocycles. The molecule has 0 unspecified atom stereocenters. The second-order valence-electron chi connectivity index (χ2n) is 2.48. The summed E-state index contributed by atoms with van der Waals surface area (Å²) in [5.41, 5.74) is 0. The zero-order valence-electron chi connectivity index (χ0n) is 7.06. The monoisotopic (exact) mass is 298 g/mol. The maximum atomic E-state index is 12.1. The molecule has 100 valence electrons. The largest absolute Gasteiger partial charge is 0.748 e. The third kappa shape index (κ3) is 3.97. The summed E-state index contributed by atoms with van der Waals surface area (Å²) < 4.78 is 111. The Kier molecular flexibility index (Phi) is 5.18. The van der Waals surface area contributed by atoms with Crippen molar-refractivity contribution in [3.05, 3.63) is 0 Å². The lowest BCUT2D eigenvalue weighted by Crippen LogP contribution is -2.55. The normalized spacial score (nSPS) is 14.5. The number of halogens is 7. The first kappa shape index (κ1) is 18.1. The van der Waals surface area contributed by atoms with E-state index in [1.54, 1.807) is 0 Å². The third-order valence-electron chi connectivity index (χ3n) is 1.17. The van der Waals surface area contributed by atoms with E-state index in [2.05, 4.69) is 0 Å². The van der Waals surface area contributed by atoms with Gasteiger partial charge in [0.1, 0.15) is 15.9 Å². The number of hydrogen-bond donors (Lipinski definition) is 0. The lowest BCUT2D eigenvalue weighted by Gasteiger charge is -2.28. The Morgan fingerprint density at radius 1 is 0.938 bits per heavy atom. The summed E-state index contributed by atoms with van der Waals surface area (Å²) in [7, 11) is -5.91. The molecular weight excluding hydrogens is 293 g/mol. The van der Waals surface area contributed by atoms with Crippen molar-refractivity contribution in [3.63, 3.8) is 0 Å². The molecule has 0 radical (unpaired) electrons. The van der Waals surface area contributed by atoms with Crippen molar-refractivity contribution in [1.29, 1.82) is 0 Å². The van der Waals surface area contributed by atoms with Gasteiger partial charge in [-0.15, -0.1) is 0 Å². The zero-order chi connectivity index (χ0) is 12.7. The highest BCUT2D eigenvalue weighted by molar-refractivity contribution is 7.85. The van der Waals surface area contributed by atoms with Crippen molar-refractivity contribution < 1.29 is 43.7 Å². The molecule has 0 aromatic rings. The highest BCUT2D eigenvalue weighted by atomic mass is 32.2. The molecule has 0 aliphatic heterocycles. The summed E-state index contributed by atoms with van der Waals surface area (Å²) in [6.07, 6.45) is -6.64. The topological polar surface area (TPSA) is 57.2 Å². The van der Waals surface area contributed by atoms with Crippen molar-refractivity contribution in [2.75, 3.05) is 5.75 Å². The van der Waals surface area contributed by atoms with Crippen LogP contribution < -0.4 is 0 Å². The van der Waals surface area contributed by atoms with Gasteiger partial charge in [0.2, 0.25) is 0 Å². The van der Waals surface area contributed by atoms with E-state index in [0.717, 1.165) is 0 Å². The van der Waals surface area contributed by atoms with Gasteiger partial charge in [0.25, 0.3) is 0 Å². The molecule has 12 heteroatoms. The van der Waals surface area contributed by atoms with Crippen LogP contribution in [0.25, 0.3) is 0 Å². The fourth-order valence-electron chi connectivity index (χ4n) is 0.520. The van der Waals surface area contributed by atoms with Crippen LogP contribution in [0.5, 0.6) is 0 Å². The molecule has 0 saturated carbocycles. The van der Waals surface area contributed by atoms with Crippen LogP contribution in [0.3, 0.4) is 0 Å². The van der Waals surface area contributed by atoms with Crippen LogP contribution in [0.4, 0.5) is 30.7 Å². The molecule has 0 amide bonds. The average molecular weight is 298 g/mol. The Morgan fingerprint density at radius 3 is 1.44 bits per heavy atom. The molecular formula is C4H5F7O3S2. The molecule has 0 fully saturated rings. The van der Waals surface area contributed by atoms with Crippen molar-refractivity contribution in [2.45, 2.75) is 18.0 Å². The van der Waals surface area contributed by atoms with Gasteiger partial charge in [-0.05, 0) is 0 Å². The van der Waals surface area contributed by atoms with E-state index in [9.17, 15) is 43.7 Å². The first-order valence-electron chi connectivity index (χ1n) is 2.97. The number of rotatable bonds is 3. The van der Waals surface area contributed by atoms with Gasteiger partial charge >= 0.3 is 18.0 Å². The minimum Gasteiger partial charge on any atom is -0.748 e. The standard InChI is InChI=1S/C4H3F7O3S.H2S/c5-2(6,1-15(12,13)14)3(7,8)4(9,10)11;/h1H2,(H,12,13,14);1H2. The Bertz CT molecular complexity index is 332. The number of alkyl halides is 7. The molecule has 0 rings (SSSR count). The maximum Gasteiger partial charge on any atom is 0.459 e. The lowest BCUT2D eigenvalue weighted by molar-refractivity contribution is -0.348. The Morgan fingerprint density at radius 2 is 1.25 bits per heavy atom. The summed E-state index contributed by atoms with van der Waals surface area (Å²) in [4.78, 5) is 0. The molecule has 0 saturated heterocycles. The first-order valence-corrected chi connectivity index (χ1v) is 4.54. The lowest BCUT2D eigenvalue weighted by atomic mass is 10.2. The average Bonchev–Trinajstić information content (AvgIpc) is 1.77. The molecule has 0 N–H and O–H groups in total. The van der Waals surface area contributed by atoms with Crippen molar-refractivity contribution in [1.82, 2.24) is 0 Å². The van der Waals surface area contributed by atoms with E-state index >= 15 is 0 Å². The van der Waals surface area contributed by atoms with Gasteiger partial charge in [0, 0.05) is 0 Å². The maximum absolute atomic E-state index is 12.1. The predicted octanol–water partition coefficient (Wildman–Crippen LogP) is 0.559. The van der Waals surface area contributed by atoms with Gasteiger partial charge in [-0.25, -0.2) is 8.42 Å². The van der Waals surface area contributed by atoms with E-state index in [0.29, 0.717) is 0 Å². The molecule has 0 atom stereocenters. The molecule has 3 nitrogen and oxygen atoms in total. The van der Waals surface area contributed by atoms with Gasteiger partial charge in [-0.3, -0.25) is 0 Å². The Balaban J connectivity index is 0. The SMILES string of the molecule is O=S(=O)([O-])CC(F)(F)C(F)(F)C(F)(F)F.[SH3+]. The third-order valence-corrected chi connectivity index (χ3v) is 1.89. The summed E-state index contributed by atoms with van der Waals surface area (Å²) in [5, 5.41) is 0. The number of hydrogen-bond acceptors (Lipinski definition) is 3. The predicted molar refractivity (Wildman–Crippen MR) is 42.1 cm³/mol. The molecule has 0 aliphatic carbocycles. The quantitative estimate of drug-likeness (QED) is 0.434. The summed E-state index contributed by atoms with van der Waals surface area (Å²) in [6.45, 7) is 0. The van der Waals surface area contributed by atoms with Crippen LogP contribution in [0, 0.1) is 0 Å². The van der Waals surface area contributed by atoms with Gasteiger partial charge in [0.05, 0.1) is 0 Å². The minimum atomic E-state index is -6.64.